The van der Waals surface area contributed by atoms with Crippen LogP contribution in [0.4, 0.5) is 0 Å². The summed E-state index contributed by atoms with van der Waals surface area (Å²) >= 11 is 0. The van der Waals surface area contributed by atoms with Crippen LogP contribution >= 0.6 is 0 Å². The van der Waals surface area contributed by atoms with Crippen molar-refractivity contribution in [1.82, 2.24) is 0 Å². The SMILES string of the molecule is CC(C)OC(CCCCCCCCCCCCCCCCCCCCC(OC(C)C)(OC(C)C)OC(C)C)(OC(C)C)OC(C)C. The summed E-state index contributed by atoms with van der Waals surface area (Å²) < 4.78 is 37.1. The van der Waals surface area contributed by atoms with Gasteiger partial charge in [0.2, 0.25) is 0 Å². The third-order valence-corrected chi connectivity index (χ3v) is 7.71. The maximum absolute atomic E-state index is 6.18. The molecule has 0 N–H and O–H groups in total. The molecule has 0 aliphatic carbocycles. The fourth-order valence-corrected chi connectivity index (χ4v) is 6.19. The molecule has 0 amide bonds. The Bertz CT molecular complexity index is 551. The second kappa shape index (κ2) is 27.6. The third-order valence-electron chi connectivity index (χ3n) is 7.71. The van der Waals surface area contributed by atoms with Gasteiger partial charge in [-0.25, -0.2) is 0 Å². The fraction of sp³-hybridized carbons (Fsp3) is 1.00. The summed E-state index contributed by atoms with van der Waals surface area (Å²) in [5.41, 5.74) is 0. The molecule has 0 fully saturated rings. The van der Waals surface area contributed by atoms with Gasteiger partial charge in [0.15, 0.2) is 0 Å². The summed E-state index contributed by atoms with van der Waals surface area (Å²) in [6, 6.07) is 0. The van der Waals surface area contributed by atoms with E-state index in [-0.39, 0.29) is 36.6 Å². The average molecular weight is 659 g/mol. The summed E-state index contributed by atoms with van der Waals surface area (Å²) in [6.45, 7) is 24.6. The molecule has 0 saturated carbocycles. The minimum absolute atomic E-state index is 0.0667. The van der Waals surface area contributed by atoms with Crippen LogP contribution in [-0.4, -0.2) is 48.6 Å². The van der Waals surface area contributed by atoms with E-state index in [4.69, 9.17) is 28.4 Å². The summed E-state index contributed by atoms with van der Waals surface area (Å²) in [7, 11) is 0. The lowest BCUT2D eigenvalue weighted by Crippen LogP contribution is -2.44. The molecule has 0 heterocycles. The molecular formula is C40H82O6. The van der Waals surface area contributed by atoms with E-state index in [2.05, 4.69) is 83.1 Å². The van der Waals surface area contributed by atoms with Gasteiger partial charge in [0.05, 0.1) is 36.6 Å². The summed E-state index contributed by atoms with van der Waals surface area (Å²) in [6.07, 6.45) is 25.7. The molecule has 0 rings (SSSR count). The van der Waals surface area contributed by atoms with Gasteiger partial charge in [0.1, 0.15) is 0 Å². The molecule has 0 spiro atoms. The van der Waals surface area contributed by atoms with Gasteiger partial charge in [-0.1, -0.05) is 103 Å². The van der Waals surface area contributed by atoms with E-state index in [9.17, 15) is 0 Å². The monoisotopic (exact) mass is 659 g/mol. The molecule has 278 valence electrons. The number of ether oxygens (including phenoxy) is 6. The topological polar surface area (TPSA) is 55.4 Å². The lowest BCUT2D eigenvalue weighted by molar-refractivity contribution is -0.412. The van der Waals surface area contributed by atoms with Crippen LogP contribution in [0.15, 0.2) is 0 Å². The quantitative estimate of drug-likeness (QED) is 0.0516. The first-order valence-electron chi connectivity index (χ1n) is 19.8. The molecule has 0 radical (unpaired) electrons. The maximum Gasteiger partial charge on any atom is 0.283 e. The van der Waals surface area contributed by atoms with Crippen molar-refractivity contribution in [2.75, 3.05) is 0 Å². The molecule has 0 atom stereocenters. The first kappa shape index (κ1) is 45.8. The van der Waals surface area contributed by atoms with E-state index in [0.717, 1.165) is 25.7 Å². The highest BCUT2D eigenvalue weighted by Gasteiger charge is 2.37. The van der Waals surface area contributed by atoms with Crippen LogP contribution < -0.4 is 0 Å². The van der Waals surface area contributed by atoms with E-state index in [1.54, 1.807) is 0 Å². The molecule has 46 heavy (non-hydrogen) atoms. The van der Waals surface area contributed by atoms with Gasteiger partial charge in [-0.05, 0) is 95.9 Å². The van der Waals surface area contributed by atoms with E-state index < -0.39 is 11.9 Å². The van der Waals surface area contributed by atoms with Crippen molar-refractivity contribution in [3.05, 3.63) is 0 Å². The van der Waals surface area contributed by atoms with Gasteiger partial charge in [-0.2, -0.15) is 0 Å². The average Bonchev–Trinajstić information content (AvgIpc) is 2.89. The molecule has 0 aromatic rings. The Morgan fingerprint density at radius 3 is 0.500 bits per heavy atom. The van der Waals surface area contributed by atoms with Gasteiger partial charge < -0.3 is 28.4 Å². The predicted octanol–water partition coefficient (Wildman–Crippen LogP) is 12.6. The van der Waals surface area contributed by atoms with Crippen molar-refractivity contribution in [3.63, 3.8) is 0 Å². The van der Waals surface area contributed by atoms with Crippen molar-refractivity contribution < 1.29 is 28.4 Å². The minimum Gasteiger partial charge on any atom is -0.325 e. The van der Waals surface area contributed by atoms with Crippen LogP contribution in [0.2, 0.25) is 0 Å². The maximum atomic E-state index is 6.18. The molecule has 0 aromatic carbocycles. The van der Waals surface area contributed by atoms with Gasteiger partial charge >= 0.3 is 0 Å². The van der Waals surface area contributed by atoms with Crippen molar-refractivity contribution in [2.24, 2.45) is 0 Å². The molecule has 0 aromatic heterocycles. The Morgan fingerprint density at radius 1 is 0.239 bits per heavy atom. The fourth-order valence-electron chi connectivity index (χ4n) is 6.19. The Kier molecular flexibility index (Phi) is 27.4. The van der Waals surface area contributed by atoms with Crippen LogP contribution in [0.1, 0.15) is 212 Å². The number of unbranched alkanes of at least 4 members (excludes halogenated alkanes) is 17. The first-order valence-corrected chi connectivity index (χ1v) is 19.8. The highest BCUT2D eigenvalue weighted by molar-refractivity contribution is 4.66. The van der Waals surface area contributed by atoms with Crippen molar-refractivity contribution in [1.29, 1.82) is 0 Å². The summed E-state index contributed by atoms with van der Waals surface area (Å²) in [5.74, 6) is -1.83. The third kappa shape index (κ3) is 26.7. The van der Waals surface area contributed by atoms with Crippen LogP contribution in [-0.2, 0) is 28.4 Å². The molecule has 0 aliphatic heterocycles. The van der Waals surface area contributed by atoms with Crippen molar-refractivity contribution in [3.8, 4) is 0 Å². The van der Waals surface area contributed by atoms with Crippen LogP contribution in [0.25, 0.3) is 0 Å². The standard InChI is InChI=1S/C40H82O6/c1-33(2)41-39(42-34(3)4,43-35(5)6)31-29-27-25-23-21-19-17-15-13-14-16-18-20-22-24-26-28-30-32-40(44-36(7)8,45-37(9)10)46-38(11)12/h33-38H,13-32H2,1-12H3. The molecular weight excluding hydrogens is 576 g/mol. The number of hydrogen-bond acceptors (Lipinski definition) is 6. The largest absolute Gasteiger partial charge is 0.325 e. The van der Waals surface area contributed by atoms with E-state index in [1.807, 2.05) is 0 Å². The molecule has 0 unspecified atom stereocenters. The van der Waals surface area contributed by atoms with Gasteiger partial charge in [0.25, 0.3) is 11.9 Å². The second-order valence-electron chi connectivity index (χ2n) is 15.2. The first-order chi connectivity index (χ1) is 21.7. The molecule has 6 heteroatoms. The highest BCUT2D eigenvalue weighted by Crippen LogP contribution is 2.30. The van der Waals surface area contributed by atoms with Crippen LogP contribution in [0.5, 0.6) is 0 Å². The van der Waals surface area contributed by atoms with Gasteiger partial charge in [0, 0.05) is 12.8 Å². The van der Waals surface area contributed by atoms with Gasteiger partial charge in [-0.3, -0.25) is 0 Å². The smallest absolute Gasteiger partial charge is 0.283 e. The van der Waals surface area contributed by atoms with Crippen molar-refractivity contribution in [2.45, 2.75) is 260 Å². The van der Waals surface area contributed by atoms with E-state index in [0.29, 0.717) is 0 Å². The van der Waals surface area contributed by atoms with Crippen LogP contribution in [0.3, 0.4) is 0 Å². The number of rotatable bonds is 33. The lowest BCUT2D eigenvalue weighted by Gasteiger charge is -2.38. The molecule has 6 nitrogen and oxygen atoms in total. The van der Waals surface area contributed by atoms with E-state index in [1.165, 1.54) is 103 Å². The zero-order valence-corrected chi connectivity index (χ0v) is 33.1. The Hall–Kier alpha value is -0.240. The Labute approximate surface area is 288 Å². The van der Waals surface area contributed by atoms with Gasteiger partial charge in [-0.15, -0.1) is 0 Å². The normalized spacial score (nSPS) is 13.2. The van der Waals surface area contributed by atoms with Crippen molar-refractivity contribution >= 4 is 0 Å². The van der Waals surface area contributed by atoms with E-state index >= 15 is 0 Å². The molecule has 0 aliphatic rings. The number of hydrogen-bond donors (Lipinski definition) is 0. The predicted molar refractivity (Wildman–Crippen MR) is 195 cm³/mol. The van der Waals surface area contributed by atoms with Crippen LogP contribution in [0, 0.1) is 0 Å². The molecule has 0 bridgehead atoms. The Balaban J connectivity index is 3.84. The zero-order valence-electron chi connectivity index (χ0n) is 33.1. The Morgan fingerprint density at radius 2 is 0.370 bits per heavy atom. The summed E-state index contributed by atoms with van der Waals surface area (Å²) in [4.78, 5) is 0. The summed E-state index contributed by atoms with van der Waals surface area (Å²) in [5, 5.41) is 0. The zero-order chi connectivity index (χ0) is 34.8. The lowest BCUT2D eigenvalue weighted by atomic mass is 10.0. The highest BCUT2D eigenvalue weighted by atomic mass is 16.9. The minimum atomic E-state index is -0.917. The molecule has 0 saturated heterocycles. The second-order valence-corrected chi connectivity index (χ2v) is 15.2.